The molecule has 136 valence electrons. The number of ether oxygens (including phenoxy) is 1. The van der Waals surface area contributed by atoms with Crippen molar-refractivity contribution in [2.75, 3.05) is 0 Å². The van der Waals surface area contributed by atoms with E-state index in [-0.39, 0.29) is 23.9 Å². The summed E-state index contributed by atoms with van der Waals surface area (Å²) in [7, 11) is 0. The van der Waals surface area contributed by atoms with Crippen LogP contribution in [0.15, 0.2) is 24.3 Å². The first-order valence-corrected chi connectivity index (χ1v) is 9.50. The van der Waals surface area contributed by atoms with E-state index in [2.05, 4.69) is 19.1 Å². The van der Waals surface area contributed by atoms with E-state index in [1.165, 1.54) is 0 Å². The summed E-state index contributed by atoms with van der Waals surface area (Å²) in [6, 6.07) is 0. The molecule has 0 aromatic rings. The van der Waals surface area contributed by atoms with Gasteiger partial charge in [0.1, 0.15) is 6.10 Å². The summed E-state index contributed by atoms with van der Waals surface area (Å²) in [5.74, 6) is 0.246. The van der Waals surface area contributed by atoms with Gasteiger partial charge >= 0.3 is 5.97 Å². The highest BCUT2D eigenvalue weighted by Crippen LogP contribution is 2.46. The van der Waals surface area contributed by atoms with E-state index in [0.29, 0.717) is 6.42 Å². The minimum atomic E-state index is -0.564. The van der Waals surface area contributed by atoms with Crippen molar-refractivity contribution in [2.24, 2.45) is 11.8 Å². The molecule has 4 heteroatoms. The predicted molar refractivity (Wildman–Crippen MR) is 94.4 cm³/mol. The fourth-order valence-corrected chi connectivity index (χ4v) is 3.39. The maximum Gasteiger partial charge on any atom is 0.306 e. The van der Waals surface area contributed by atoms with E-state index >= 15 is 0 Å². The van der Waals surface area contributed by atoms with Crippen molar-refractivity contribution in [1.29, 1.82) is 0 Å². The second kappa shape index (κ2) is 10.00. The first kappa shape index (κ1) is 19.2. The summed E-state index contributed by atoms with van der Waals surface area (Å²) in [6.07, 6.45) is 14.4. The molecule has 1 fully saturated rings. The Labute approximate surface area is 145 Å². The van der Waals surface area contributed by atoms with Crippen LogP contribution in [0, 0.1) is 11.8 Å². The highest BCUT2D eigenvalue weighted by Gasteiger charge is 2.47. The van der Waals surface area contributed by atoms with Gasteiger partial charge in [-0.25, -0.2) is 0 Å². The maximum atomic E-state index is 11.8. The molecule has 0 aromatic heterocycles. The summed E-state index contributed by atoms with van der Waals surface area (Å²) in [6.45, 7) is 2.14. The third-order valence-electron chi connectivity index (χ3n) is 5.01. The van der Waals surface area contributed by atoms with E-state index in [9.17, 15) is 15.0 Å². The summed E-state index contributed by atoms with van der Waals surface area (Å²) < 4.78 is 5.59. The van der Waals surface area contributed by atoms with E-state index in [4.69, 9.17) is 4.74 Å². The predicted octanol–water partition coefficient (Wildman–Crippen LogP) is 3.52. The van der Waals surface area contributed by atoms with Crippen molar-refractivity contribution in [2.45, 2.75) is 83.0 Å². The fraction of sp³-hybridized carbons (Fsp3) is 0.750. The van der Waals surface area contributed by atoms with Crippen LogP contribution in [0.1, 0.15) is 64.7 Å². The lowest BCUT2D eigenvalue weighted by Crippen LogP contribution is -2.22. The van der Waals surface area contributed by atoms with Crippen LogP contribution in [0.2, 0.25) is 0 Å². The van der Waals surface area contributed by atoms with Gasteiger partial charge in [0.2, 0.25) is 0 Å². The molecule has 2 aliphatic rings. The number of carbonyl (C=O) groups is 1. The van der Waals surface area contributed by atoms with Crippen molar-refractivity contribution < 1.29 is 19.7 Å². The van der Waals surface area contributed by atoms with Crippen molar-refractivity contribution in [3.05, 3.63) is 24.3 Å². The molecule has 2 rings (SSSR count). The third-order valence-corrected chi connectivity index (χ3v) is 5.01. The largest absolute Gasteiger partial charge is 0.462 e. The van der Waals surface area contributed by atoms with Crippen molar-refractivity contribution in [3.8, 4) is 0 Å². The summed E-state index contributed by atoms with van der Waals surface area (Å²) in [4.78, 5) is 11.8. The monoisotopic (exact) mass is 336 g/mol. The Bertz CT molecular complexity index is 443. The topological polar surface area (TPSA) is 66.8 Å². The van der Waals surface area contributed by atoms with Gasteiger partial charge in [-0.3, -0.25) is 4.79 Å². The molecule has 4 nitrogen and oxygen atoms in total. The second-order valence-corrected chi connectivity index (χ2v) is 7.13. The number of carbonyl (C=O) groups excluding carboxylic acids is 1. The summed E-state index contributed by atoms with van der Waals surface area (Å²) in [5, 5.41) is 20.2. The van der Waals surface area contributed by atoms with Crippen LogP contribution in [0.5, 0.6) is 0 Å². The quantitative estimate of drug-likeness (QED) is 0.404. The van der Waals surface area contributed by atoms with E-state index in [0.717, 1.165) is 51.4 Å². The van der Waals surface area contributed by atoms with Crippen LogP contribution in [0.25, 0.3) is 0 Å². The van der Waals surface area contributed by atoms with Gasteiger partial charge in [-0.05, 0) is 31.6 Å². The molecule has 1 heterocycles. The zero-order valence-corrected chi connectivity index (χ0v) is 14.8. The lowest BCUT2D eigenvalue weighted by molar-refractivity contribution is -0.150. The number of aliphatic hydroxyl groups excluding tert-OH is 2. The van der Waals surface area contributed by atoms with Crippen LogP contribution in [-0.2, 0) is 9.53 Å². The molecular weight excluding hydrogens is 304 g/mol. The van der Waals surface area contributed by atoms with Crippen molar-refractivity contribution >= 4 is 5.97 Å². The van der Waals surface area contributed by atoms with Gasteiger partial charge < -0.3 is 14.9 Å². The molecule has 0 aromatic carbocycles. The molecule has 24 heavy (non-hydrogen) atoms. The number of cyclic esters (lactones) is 1. The number of allylic oxidation sites excluding steroid dienone is 1. The number of hydrogen-bond acceptors (Lipinski definition) is 4. The zero-order valence-electron chi connectivity index (χ0n) is 14.8. The van der Waals surface area contributed by atoms with Crippen molar-refractivity contribution in [3.63, 3.8) is 0 Å². The molecule has 0 saturated heterocycles. The SMILES string of the molecule is CCCCC[C@H](O)/C=C/[C@H](O)[C@H]1C[C@@H]1[C@H]1C/C=C\CCCC(=O)O1. The third kappa shape index (κ3) is 6.40. The molecule has 0 unspecified atom stereocenters. The minimum Gasteiger partial charge on any atom is -0.462 e. The lowest BCUT2D eigenvalue weighted by Gasteiger charge is -2.17. The molecular formula is C20H32O4. The van der Waals surface area contributed by atoms with E-state index in [1.54, 1.807) is 12.2 Å². The Kier molecular flexibility index (Phi) is 8.00. The highest BCUT2D eigenvalue weighted by molar-refractivity contribution is 5.69. The Morgan fingerprint density at radius 3 is 2.92 bits per heavy atom. The number of esters is 1. The summed E-state index contributed by atoms with van der Waals surface area (Å²) >= 11 is 0. The molecule has 0 bridgehead atoms. The van der Waals surface area contributed by atoms with Gasteiger partial charge in [-0.1, -0.05) is 50.5 Å². The van der Waals surface area contributed by atoms with Gasteiger partial charge in [0.15, 0.2) is 0 Å². The Balaban J connectivity index is 1.78. The molecule has 1 aliphatic carbocycles. The van der Waals surface area contributed by atoms with E-state index in [1.807, 2.05) is 0 Å². The molecule has 0 spiro atoms. The fourth-order valence-electron chi connectivity index (χ4n) is 3.39. The van der Waals surface area contributed by atoms with Crippen LogP contribution in [0.3, 0.4) is 0 Å². The van der Waals surface area contributed by atoms with Crippen LogP contribution in [-0.4, -0.2) is 34.5 Å². The van der Waals surface area contributed by atoms with Gasteiger partial charge in [0.25, 0.3) is 0 Å². The first-order chi connectivity index (χ1) is 11.6. The summed E-state index contributed by atoms with van der Waals surface area (Å²) in [5.41, 5.74) is 0. The standard InChI is InChI=1S/C20H32O4/c1-2-3-6-9-15(21)12-13-18(22)16-14-17(16)19-10-7-4-5-8-11-20(23)24-19/h4,7,12-13,15-19,21-22H,2-3,5-6,8-11,14H2,1H3/b7-4-,13-12+/t15-,16-,17-,18-,19+/m0/s1. The zero-order chi connectivity index (χ0) is 17.4. The lowest BCUT2D eigenvalue weighted by atomic mass is 10.1. The molecule has 0 radical (unpaired) electrons. The van der Waals surface area contributed by atoms with Crippen LogP contribution in [0.4, 0.5) is 0 Å². The molecule has 0 amide bonds. The van der Waals surface area contributed by atoms with Crippen LogP contribution >= 0.6 is 0 Å². The smallest absolute Gasteiger partial charge is 0.306 e. The first-order valence-electron chi connectivity index (χ1n) is 9.50. The number of aliphatic hydroxyl groups is 2. The van der Waals surface area contributed by atoms with Crippen molar-refractivity contribution in [1.82, 2.24) is 0 Å². The Morgan fingerprint density at radius 1 is 1.29 bits per heavy atom. The highest BCUT2D eigenvalue weighted by atomic mass is 16.5. The van der Waals surface area contributed by atoms with Gasteiger partial charge in [0, 0.05) is 18.8 Å². The number of hydrogen-bond donors (Lipinski definition) is 2. The van der Waals surface area contributed by atoms with Crippen LogP contribution < -0.4 is 0 Å². The maximum absolute atomic E-state index is 11.8. The number of unbranched alkanes of at least 4 members (excludes halogenated alkanes) is 2. The Morgan fingerprint density at radius 2 is 2.12 bits per heavy atom. The normalized spacial score (nSPS) is 31.6. The Hall–Kier alpha value is -1.13. The molecule has 1 saturated carbocycles. The van der Waals surface area contributed by atoms with Gasteiger partial charge in [0.05, 0.1) is 12.2 Å². The molecule has 5 atom stereocenters. The van der Waals surface area contributed by atoms with Gasteiger partial charge in [-0.2, -0.15) is 0 Å². The average molecular weight is 336 g/mol. The minimum absolute atomic E-state index is 0.116. The second-order valence-electron chi connectivity index (χ2n) is 7.13. The number of rotatable bonds is 8. The molecule has 2 N–H and O–H groups in total. The molecule has 1 aliphatic heterocycles. The van der Waals surface area contributed by atoms with E-state index < -0.39 is 12.2 Å². The average Bonchev–Trinajstić information content (AvgIpc) is 3.34. The van der Waals surface area contributed by atoms with Gasteiger partial charge in [-0.15, -0.1) is 0 Å².